The van der Waals surface area contributed by atoms with Gasteiger partial charge in [0, 0.05) is 6.04 Å². The molecule has 2 N–H and O–H groups in total. The molecule has 1 aliphatic heterocycles. The number of hydrogen-bond acceptors (Lipinski definition) is 2. The summed E-state index contributed by atoms with van der Waals surface area (Å²) < 4.78 is 0. The van der Waals surface area contributed by atoms with Crippen molar-refractivity contribution >= 4 is 17.0 Å². The van der Waals surface area contributed by atoms with Crippen LogP contribution in [0.1, 0.15) is 31.2 Å². The van der Waals surface area contributed by atoms with E-state index in [1.165, 1.54) is 31.2 Å². The van der Waals surface area contributed by atoms with Crippen LogP contribution in [0.3, 0.4) is 0 Å². The zero-order chi connectivity index (χ0) is 10.3. The van der Waals surface area contributed by atoms with Crippen LogP contribution in [-0.4, -0.2) is 17.7 Å². The predicted octanol–water partition coefficient (Wildman–Crippen LogP) is 2.75. The van der Waals surface area contributed by atoms with E-state index in [-0.39, 0.29) is 17.0 Å². The van der Waals surface area contributed by atoms with Gasteiger partial charge < -0.3 is 10.4 Å². The third kappa shape index (κ3) is 1.87. The topological polar surface area (TPSA) is 32.3 Å². The van der Waals surface area contributed by atoms with E-state index in [4.69, 9.17) is 0 Å². The van der Waals surface area contributed by atoms with E-state index in [1.54, 1.807) is 6.07 Å². The molecule has 0 spiro atoms. The molecule has 2 aliphatic rings. The number of phenolic OH excluding ortho intramolecular Hbond substituents is 1. The van der Waals surface area contributed by atoms with Gasteiger partial charge in [0.05, 0.1) is 0 Å². The Morgan fingerprint density at radius 1 is 1.31 bits per heavy atom. The first kappa shape index (κ1) is 11.9. The second-order valence-corrected chi connectivity index (χ2v) is 4.97. The minimum Gasteiger partial charge on any atom is -0.508 e. The molecule has 1 aromatic carbocycles. The van der Waals surface area contributed by atoms with E-state index in [2.05, 4.69) is 11.4 Å². The van der Waals surface area contributed by atoms with E-state index in [9.17, 15) is 5.11 Å². The Labute approximate surface area is 107 Å². The van der Waals surface area contributed by atoms with E-state index in [1.807, 2.05) is 12.1 Å². The molecule has 88 valence electrons. The lowest BCUT2D eigenvalue weighted by molar-refractivity contribution is 0.330. The Hall–Kier alpha value is -0.540. The number of halogens is 1. The van der Waals surface area contributed by atoms with Crippen molar-refractivity contribution in [2.24, 2.45) is 0 Å². The highest BCUT2D eigenvalue weighted by Crippen LogP contribution is 2.46. The molecule has 3 rings (SSSR count). The van der Waals surface area contributed by atoms with Gasteiger partial charge in [-0.2, -0.15) is 0 Å². The highest BCUT2D eigenvalue weighted by molar-refractivity contribution is 8.93. The number of hydrogen-bond donors (Lipinski definition) is 2. The lowest BCUT2D eigenvalue weighted by Gasteiger charge is -2.34. The van der Waals surface area contributed by atoms with Gasteiger partial charge in [-0.3, -0.25) is 0 Å². The maximum atomic E-state index is 9.55. The maximum absolute atomic E-state index is 9.55. The second-order valence-electron chi connectivity index (χ2n) is 4.97. The predicted molar refractivity (Wildman–Crippen MR) is 70.4 cm³/mol. The van der Waals surface area contributed by atoms with Crippen molar-refractivity contribution in [3.63, 3.8) is 0 Å². The molecule has 2 atom stereocenters. The van der Waals surface area contributed by atoms with Gasteiger partial charge in [-0.25, -0.2) is 0 Å². The summed E-state index contributed by atoms with van der Waals surface area (Å²) in [6.45, 7) is 1.13. The third-order valence-electron chi connectivity index (χ3n) is 4.10. The first-order valence-corrected chi connectivity index (χ1v) is 5.81. The van der Waals surface area contributed by atoms with Crippen molar-refractivity contribution in [1.82, 2.24) is 5.32 Å². The van der Waals surface area contributed by atoms with Crippen molar-refractivity contribution in [2.75, 3.05) is 6.54 Å². The molecular weight excluding hydrogens is 266 g/mol. The summed E-state index contributed by atoms with van der Waals surface area (Å²) in [5, 5.41) is 13.1. The number of aromatic hydroxyl groups is 1. The summed E-state index contributed by atoms with van der Waals surface area (Å²) in [4.78, 5) is 0. The first-order valence-electron chi connectivity index (χ1n) is 5.81. The van der Waals surface area contributed by atoms with Crippen molar-refractivity contribution in [3.8, 4) is 5.75 Å². The monoisotopic (exact) mass is 283 g/mol. The van der Waals surface area contributed by atoms with Crippen LogP contribution in [0.5, 0.6) is 5.75 Å². The van der Waals surface area contributed by atoms with Gasteiger partial charge in [-0.05, 0) is 55.3 Å². The molecular formula is C13H18BrNO. The molecule has 1 aromatic rings. The minimum absolute atomic E-state index is 0. The Morgan fingerprint density at radius 2 is 2.19 bits per heavy atom. The van der Waals surface area contributed by atoms with Gasteiger partial charge in [-0.15, -0.1) is 17.0 Å². The number of nitrogens with one attached hydrogen (secondary N) is 1. The van der Waals surface area contributed by atoms with Crippen LogP contribution < -0.4 is 5.32 Å². The molecule has 2 nitrogen and oxygen atoms in total. The van der Waals surface area contributed by atoms with Crippen molar-refractivity contribution in [3.05, 3.63) is 29.8 Å². The molecule has 2 fully saturated rings. The molecule has 2 unspecified atom stereocenters. The summed E-state index contributed by atoms with van der Waals surface area (Å²) in [6, 6.07) is 8.56. The molecule has 1 saturated carbocycles. The van der Waals surface area contributed by atoms with Gasteiger partial charge in [0.2, 0.25) is 0 Å². The summed E-state index contributed by atoms with van der Waals surface area (Å²) in [5.74, 6) is 0.406. The normalized spacial score (nSPS) is 32.1. The van der Waals surface area contributed by atoms with E-state index >= 15 is 0 Å². The van der Waals surface area contributed by atoms with E-state index in [0.29, 0.717) is 17.2 Å². The molecule has 0 aromatic heterocycles. The molecule has 3 heteroatoms. The fraction of sp³-hybridized carbons (Fsp3) is 0.538. The summed E-state index contributed by atoms with van der Waals surface area (Å²) >= 11 is 0. The quantitative estimate of drug-likeness (QED) is 0.831. The second kappa shape index (κ2) is 4.38. The van der Waals surface area contributed by atoms with Crippen LogP contribution in [-0.2, 0) is 5.41 Å². The molecule has 0 amide bonds. The Bertz CT molecular complexity index is 378. The number of fused-ring (bicyclic) bond motifs is 2. The highest BCUT2D eigenvalue weighted by atomic mass is 79.9. The van der Waals surface area contributed by atoms with Gasteiger partial charge in [0.1, 0.15) is 5.75 Å². The van der Waals surface area contributed by atoms with Crippen LogP contribution in [0.2, 0.25) is 0 Å². The number of rotatable bonds is 1. The minimum atomic E-state index is 0. The van der Waals surface area contributed by atoms with E-state index in [0.717, 1.165) is 6.54 Å². The molecule has 1 heterocycles. The standard InChI is InChI=1S/C13H17NO.BrH/c15-12-3-1-2-10(8-12)13-5-4-11(9-13)14-7-6-13;/h1-3,8,11,14-15H,4-7,9H2;1H. The van der Waals surface area contributed by atoms with Crippen LogP contribution in [0.25, 0.3) is 0 Å². The smallest absolute Gasteiger partial charge is 0.115 e. The summed E-state index contributed by atoms with van der Waals surface area (Å²) in [7, 11) is 0. The summed E-state index contributed by atoms with van der Waals surface area (Å²) in [6.07, 6.45) is 5.02. The van der Waals surface area contributed by atoms with Gasteiger partial charge in [-0.1, -0.05) is 12.1 Å². The number of benzene rings is 1. The third-order valence-corrected chi connectivity index (χ3v) is 4.10. The largest absolute Gasteiger partial charge is 0.508 e. The van der Waals surface area contributed by atoms with E-state index < -0.39 is 0 Å². The average Bonchev–Trinajstić information content (AvgIpc) is 2.56. The molecule has 1 aliphatic carbocycles. The molecule has 0 radical (unpaired) electrons. The van der Waals surface area contributed by atoms with Crippen LogP contribution in [0.15, 0.2) is 24.3 Å². The molecule has 1 saturated heterocycles. The Balaban J connectivity index is 0.000000963. The van der Waals surface area contributed by atoms with Crippen LogP contribution >= 0.6 is 17.0 Å². The Morgan fingerprint density at radius 3 is 3.00 bits per heavy atom. The highest BCUT2D eigenvalue weighted by Gasteiger charge is 2.42. The van der Waals surface area contributed by atoms with Gasteiger partial charge in [0.25, 0.3) is 0 Å². The average molecular weight is 284 g/mol. The van der Waals surface area contributed by atoms with Gasteiger partial charge in [0.15, 0.2) is 0 Å². The van der Waals surface area contributed by atoms with Crippen LogP contribution in [0, 0.1) is 0 Å². The fourth-order valence-electron chi connectivity index (χ4n) is 3.29. The lowest BCUT2D eigenvalue weighted by Crippen LogP contribution is -2.39. The fourth-order valence-corrected chi connectivity index (χ4v) is 3.29. The van der Waals surface area contributed by atoms with Crippen molar-refractivity contribution in [2.45, 2.75) is 37.1 Å². The Kier molecular flexibility index (Phi) is 3.27. The molecule has 2 bridgehead atoms. The zero-order valence-corrected chi connectivity index (χ0v) is 11.0. The first-order chi connectivity index (χ1) is 7.28. The summed E-state index contributed by atoms with van der Waals surface area (Å²) in [5.41, 5.74) is 1.70. The zero-order valence-electron chi connectivity index (χ0n) is 9.28. The van der Waals surface area contributed by atoms with Crippen molar-refractivity contribution < 1.29 is 5.11 Å². The SMILES string of the molecule is Br.Oc1cccc(C23CCNC(CC2)C3)c1. The molecule has 16 heavy (non-hydrogen) atoms. The lowest BCUT2D eigenvalue weighted by atomic mass is 9.74. The van der Waals surface area contributed by atoms with Crippen molar-refractivity contribution in [1.29, 1.82) is 0 Å². The number of piperidine rings is 1. The maximum Gasteiger partial charge on any atom is 0.115 e. The number of phenols is 1. The van der Waals surface area contributed by atoms with Crippen LogP contribution in [0.4, 0.5) is 0 Å². The van der Waals surface area contributed by atoms with Gasteiger partial charge >= 0.3 is 0 Å².